The maximum absolute atomic E-state index is 16.2. The van der Waals surface area contributed by atoms with Gasteiger partial charge in [-0.2, -0.15) is 0 Å². The molecule has 7 heterocycles. The highest BCUT2D eigenvalue weighted by atomic mass is 16.5. The number of aromatic hydroxyl groups is 3. The van der Waals surface area contributed by atoms with Crippen molar-refractivity contribution >= 4 is 34.0 Å². The molecule has 4 aromatic carbocycles. The monoisotopic (exact) mass is 1330 g/mol. The second-order valence-corrected chi connectivity index (χ2v) is 30.9. The molecule has 13 aliphatic rings. The summed E-state index contributed by atoms with van der Waals surface area (Å²) in [6, 6.07) is 17.8. The number of aromatic amines is 1. The second-order valence-electron chi connectivity index (χ2n) is 30.9. The zero-order chi connectivity index (χ0) is 67.8. The van der Waals surface area contributed by atoms with Crippen LogP contribution in [0.2, 0.25) is 0 Å². The van der Waals surface area contributed by atoms with Crippen LogP contribution in [0.3, 0.4) is 0 Å². The molecule has 15 nitrogen and oxygen atoms in total. The lowest BCUT2D eigenvalue weighted by atomic mass is 9.53. The fraction of sp³-hybridized carbons (Fsp3) is 0.440. The summed E-state index contributed by atoms with van der Waals surface area (Å²) in [5.74, 6) is 7.68. The number of aromatic nitrogens is 2. The fourth-order valence-electron chi connectivity index (χ4n) is 21.7. The van der Waals surface area contributed by atoms with Crippen molar-refractivity contribution in [2.24, 2.45) is 45.8 Å². The highest BCUT2D eigenvalue weighted by Gasteiger charge is 2.64. The molecule has 15 unspecified atom stereocenters. The van der Waals surface area contributed by atoms with Crippen molar-refractivity contribution < 1.29 is 54.1 Å². The van der Waals surface area contributed by atoms with E-state index in [1.54, 1.807) is 25.1 Å². The van der Waals surface area contributed by atoms with Crippen LogP contribution < -0.4 is 19.7 Å². The first kappa shape index (κ1) is 63.5. The molecule has 5 aliphatic heterocycles. The van der Waals surface area contributed by atoms with E-state index in [9.17, 15) is 35.1 Å². The first-order valence-corrected chi connectivity index (χ1v) is 36.2. The molecule has 15 atom stereocenters. The minimum atomic E-state index is -0.884. The van der Waals surface area contributed by atoms with Crippen LogP contribution in [-0.2, 0) is 32.0 Å². The number of H-pyrrole nitrogens is 1. The van der Waals surface area contributed by atoms with Crippen LogP contribution >= 0.6 is 0 Å². The molecular formula is C84H88N4O11. The number of carbonyl (C=O) groups excluding carboxylic acids is 3. The minimum Gasteiger partial charge on any atom is -0.508 e. The molecule has 8 aliphatic carbocycles. The number of anilines is 1. The zero-order valence-corrected chi connectivity index (χ0v) is 56.6. The molecule has 19 rings (SSSR count). The van der Waals surface area contributed by atoms with Crippen LogP contribution in [0.4, 0.5) is 5.69 Å². The van der Waals surface area contributed by atoms with E-state index < -0.39 is 46.9 Å². The predicted octanol–water partition coefficient (Wildman–Crippen LogP) is 14.8. The summed E-state index contributed by atoms with van der Waals surface area (Å²) >= 11 is 0. The molecule has 2 aromatic heterocycles. The smallest absolute Gasteiger partial charge is 0.302 e. The van der Waals surface area contributed by atoms with E-state index in [0.29, 0.717) is 50.0 Å². The minimum absolute atomic E-state index is 0.00573. The summed E-state index contributed by atoms with van der Waals surface area (Å²) in [5.41, 5.74) is 8.85. The van der Waals surface area contributed by atoms with Crippen LogP contribution in [-0.4, -0.2) is 85.5 Å². The number of ether oxygens (including phenoxy) is 3. The molecule has 99 heavy (non-hydrogen) atoms. The van der Waals surface area contributed by atoms with Gasteiger partial charge in [0.1, 0.15) is 40.7 Å². The third-order valence-electron chi connectivity index (χ3n) is 26.0. The van der Waals surface area contributed by atoms with Gasteiger partial charge >= 0.3 is 5.97 Å². The lowest BCUT2D eigenvalue weighted by Crippen LogP contribution is -2.41. The van der Waals surface area contributed by atoms with Gasteiger partial charge in [0.05, 0.1) is 30.9 Å². The molecular weight excluding hydrogens is 1240 g/mol. The maximum Gasteiger partial charge on any atom is 0.302 e. The summed E-state index contributed by atoms with van der Waals surface area (Å²) in [6.45, 7) is 3.78. The van der Waals surface area contributed by atoms with Gasteiger partial charge < -0.3 is 59.5 Å². The van der Waals surface area contributed by atoms with Gasteiger partial charge in [0, 0.05) is 122 Å². The number of ketones is 2. The number of rotatable bonds is 7. The summed E-state index contributed by atoms with van der Waals surface area (Å²) in [4.78, 5) is 49.2. The third-order valence-corrected chi connectivity index (χ3v) is 26.0. The van der Waals surface area contributed by atoms with Crippen molar-refractivity contribution in [3.63, 3.8) is 0 Å². The molecule has 7 N–H and O–H groups in total. The topological polar surface area (TPSA) is 216 Å². The Morgan fingerprint density at radius 3 is 2.59 bits per heavy atom. The Labute approximate surface area is 578 Å². The third kappa shape index (κ3) is 10.3. The van der Waals surface area contributed by atoms with E-state index in [1.165, 1.54) is 19.6 Å². The Bertz CT molecular complexity index is 4610. The Morgan fingerprint density at radius 1 is 0.869 bits per heavy atom. The molecule has 16 bridgehead atoms. The SMILES string of the molecule is COc1cc2cc(O)c1Oc1cc(O)cc3c1CCC(C3)C(CO)CC1CCC34CCC5(C3)C(O)c3ccc6c7cn(c(c37)C5C=CC14)C2CC(=O)CC(OC(C)=O)CCC12C3=CC=CC1CC=CC2c1c[nH]cc1C(C#CC3)C(c1cccc(O)c1)C1=CCNC(=C1)N6CCC(C)=O. The standard InChI is InChI=1S/C84H88N4O11/c1-47(90)25-31-87-71-21-18-64-78-67(71)44-88-72(54-36-73(95)80(75(37-54)97-3)99-74-41-59(93)35-53-32-49(16-17-62(53)74)55(45-89)33-50-22-26-82-28-29-83(46-82,81(64)96)70(79(78)88)20-19-68(50)82)40-60(94)39-61(98-48(2)91)23-27-84-56-9-5-10-57(84)12-7-15-69(84)66-43-85-42-65(66)63(14-6-11-56)77(51-8-4-13-58(92)34-51)52-24-30-86-76(87)38-52/h4-5,7-10,13,15,18-21,24,34-38,41-44,49-50,55,57,61,63,68-70,72,77,81,85-86,89,92-93,95-96H,11-12,16-17,22-23,25-33,39-40,45-46H2,1-3H3. The van der Waals surface area contributed by atoms with Gasteiger partial charge in [-0.1, -0.05) is 84.2 Å². The number of benzene rings is 4. The number of phenols is 3. The van der Waals surface area contributed by atoms with Gasteiger partial charge in [-0.15, -0.1) is 0 Å². The number of aliphatic hydroxyl groups is 2. The van der Waals surface area contributed by atoms with Crippen LogP contribution in [0, 0.1) is 57.7 Å². The van der Waals surface area contributed by atoms with Crippen molar-refractivity contribution in [3.05, 3.63) is 196 Å². The predicted molar refractivity (Wildman–Crippen MR) is 378 cm³/mol. The van der Waals surface area contributed by atoms with Gasteiger partial charge in [-0.05, 0) is 206 Å². The maximum atomic E-state index is 16.2. The number of methoxy groups -OCH3 is 1. The van der Waals surface area contributed by atoms with E-state index in [0.717, 1.165) is 118 Å². The lowest BCUT2D eigenvalue weighted by molar-refractivity contribution is -0.148. The molecule has 3 spiro atoms. The van der Waals surface area contributed by atoms with E-state index in [1.807, 2.05) is 24.3 Å². The highest BCUT2D eigenvalue weighted by Crippen LogP contribution is 2.74. The summed E-state index contributed by atoms with van der Waals surface area (Å²) in [6.07, 6.45) is 35.0. The van der Waals surface area contributed by atoms with E-state index in [4.69, 9.17) is 14.2 Å². The molecule has 0 saturated heterocycles. The largest absolute Gasteiger partial charge is 0.508 e. The van der Waals surface area contributed by atoms with Crippen molar-refractivity contribution in [1.82, 2.24) is 14.9 Å². The van der Waals surface area contributed by atoms with Crippen LogP contribution in [0.1, 0.15) is 184 Å². The average molecular weight is 1330 g/mol. The van der Waals surface area contributed by atoms with E-state index >= 15 is 4.79 Å². The number of dihydropyridines is 1. The van der Waals surface area contributed by atoms with Crippen LogP contribution in [0.5, 0.6) is 34.5 Å². The van der Waals surface area contributed by atoms with Gasteiger partial charge in [0.15, 0.2) is 11.5 Å². The number of nitrogens with zero attached hydrogens (tertiary/aromatic N) is 2. The van der Waals surface area contributed by atoms with Gasteiger partial charge in [-0.25, -0.2) is 0 Å². The summed E-state index contributed by atoms with van der Waals surface area (Å²) in [5, 5.41) is 66.5. The number of allylic oxidation sites excluding steroid dienone is 10. The molecule has 6 aromatic rings. The Hall–Kier alpha value is -8.97. The second kappa shape index (κ2) is 24.4. The lowest BCUT2D eigenvalue weighted by Gasteiger charge is -2.50. The fourth-order valence-corrected chi connectivity index (χ4v) is 21.7. The van der Waals surface area contributed by atoms with Crippen LogP contribution in [0.25, 0.3) is 10.8 Å². The first-order valence-electron chi connectivity index (χ1n) is 36.2. The number of Topliss-reactive ketones (excluding diaryl/α,β-unsaturated/α-hetero) is 2. The molecule has 2 fully saturated rings. The number of hydrogen-bond donors (Lipinski definition) is 7. The average Bonchev–Trinajstić information content (AvgIpc) is 1.52. The first-order chi connectivity index (χ1) is 48.0. The normalized spacial score (nSPS) is 32.1. The molecule has 0 amide bonds. The number of hydrogen-bond acceptors (Lipinski definition) is 13. The van der Waals surface area contributed by atoms with Gasteiger partial charge in [-0.3, -0.25) is 14.4 Å². The van der Waals surface area contributed by atoms with Gasteiger partial charge in [0.2, 0.25) is 5.75 Å². The zero-order valence-electron chi connectivity index (χ0n) is 56.6. The summed E-state index contributed by atoms with van der Waals surface area (Å²) < 4.78 is 21.8. The van der Waals surface area contributed by atoms with Crippen molar-refractivity contribution in [3.8, 4) is 46.3 Å². The number of fused-ring (bicyclic) bond motifs is 3. The highest BCUT2D eigenvalue weighted by molar-refractivity contribution is 6.01. The molecule has 0 radical (unpaired) electrons. The molecule has 15 heteroatoms. The number of carbonyl (C=O) groups is 3. The number of esters is 1. The van der Waals surface area contributed by atoms with Crippen LogP contribution in [0.15, 0.2) is 151 Å². The summed E-state index contributed by atoms with van der Waals surface area (Å²) in [7, 11) is 1.53. The number of phenolic OH excluding ortho intramolecular Hbond substituents is 3. The quantitative estimate of drug-likeness (QED) is 0.0450. The van der Waals surface area contributed by atoms with Crippen molar-refractivity contribution in [1.29, 1.82) is 0 Å². The molecule has 2 saturated carbocycles. The molecule has 510 valence electrons. The number of aliphatic hydroxyl groups excluding tert-OH is 2. The van der Waals surface area contributed by atoms with E-state index in [-0.39, 0.29) is 120 Å². The number of nitrogens with one attached hydrogen (secondary N) is 2. The van der Waals surface area contributed by atoms with Gasteiger partial charge in [0.25, 0.3) is 0 Å². The van der Waals surface area contributed by atoms with Crippen molar-refractivity contribution in [2.45, 2.75) is 159 Å². The Kier molecular flexibility index (Phi) is 15.7. The van der Waals surface area contributed by atoms with E-state index in [2.05, 4.69) is 123 Å². The Balaban J connectivity index is 0.924. The van der Waals surface area contributed by atoms with Crippen molar-refractivity contribution in [2.75, 3.05) is 31.7 Å². The Morgan fingerprint density at radius 2 is 1.75 bits per heavy atom.